The van der Waals surface area contributed by atoms with Crippen molar-refractivity contribution < 1.29 is 23.2 Å². The van der Waals surface area contributed by atoms with Crippen LogP contribution in [0.1, 0.15) is 36.1 Å². The molecule has 1 aromatic heterocycles. The van der Waals surface area contributed by atoms with Gasteiger partial charge in [-0.3, -0.25) is 4.79 Å². The Hall–Kier alpha value is -2.35. The predicted molar refractivity (Wildman–Crippen MR) is 80.1 cm³/mol. The van der Waals surface area contributed by atoms with E-state index in [0.717, 1.165) is 17.0 Å². The maximum Gasteiger partial charge on any atom is 0.407 e. The van der Waals surface area contributed by atoms with Gasteiger partial charge in [0.05, 0.1) is 6.04 Å². The summed E-state index contributed by atoms with van der Waals surface area (Å²) in [5.74, 6) is -1.75. The Labute approximate surface area is 139 Å². The Morgan fingerprint density at radius 2 is 2.00 bits per heavy atom. The molecule has 1 aliphatic heterocycles. The van der Waals surface area contributed by atoms with Gasteiger partial charge < -0.3 is 14.5 Å². The Balaban J connectivity index is 1.96. The molecule has 0 aliphatic carbocycles. The van der Waals surface area contributed by atoms with Gasteiger partial charge in [-0.25, -0.2) is 13.6 Å². The number of nitrogens with zero attached hydrogens (tertiary/aromatic N) is 1. The van der Waals surface area contributed by atoms with Gasteiger partial charge in [0, 0.05) is 18.5 Å². The van der Waals surface area contributed by atoms with E-state index in [9.17, 15) is 23.5 Å². The highest BCUT2D eigenvalue weighted by atomic mass is 35.5. The second-order valence-corrected chi connectivity index (χ2v) is 6.00. The van der Waals surface area contributed by atoms with E-state index in [-0.39, 0.29) is 24.4 Å². The minimum absolute atomic E-state index is 0.144. The minimum atomic E-state index is -1.19. The summed E-state index contributed by atoms with van der Waals surface area (Å²) in [7, 11) is 0. The monoisotopic (exact) mass is 358 g/mol. The zero-order chi connectivity index (χ0) is 17.4. The van der Waals surface area contributed by atoms with Crippen molar-refractivity contribution in [1.29, 1.82) is 0 Å². The van der Waals surface area contributed by atoms with Gasteiger partial charge in [0.25, 0.3) is 5.56 Å². The quantitative estimate of drug-likeness (QED) is 0.804. The number of carboxylic acid groups (broad SMARTS) is 1. The number of nitrogens with one attached hydrogen (secondary N) is 1. The van der Waals surface area contributed by atoms with Crippen molar-refractivity contribution in [3.8, 4) is 0 Å². The molecule has 2 atom stereocenters. The Morgan fingerprint density at radius 3 is 2.54 bits per heavy atom. The van der Waals surface area contributed by atoms with Crippen LogP contribution < -0.4 is 5.56 Å². The van der Waals surface area contributed by atoms with Crippen molar-refractivity contribution in [1.82, 2.24) is 10.1 Å². The van der Waals surface area contributed by atoms with Crippen LogP contribution in [0.3, 0.4) is 0 Å². The fourth-order valence-electron chi connectivity index (χ4n) is 3.03. The largest absolute Gasteiger partial charge is 0.465 e. The van der Waals surface area contributed by atoms with E-state index in [1.54, 1.807) is 0 Å². The Morgan fingerprint density at radius 1 is 1.33 bits per heavy atom. The smallest absolute Gasteiger partial charge is 0.407 e. The third-order valence-electron chi connectivity index (χ3n) is 4.18. The van der Waals surface area contributed by atoms with Crippen LogP contribution in [-0.4, -0.2) is 27.8 Å². The number of aromatic nitrogens is 1. The summed E-state index contributed by atoms with van der Waals surface area (Å²) in [5, 5.41) is 10.9. The molecule has 1 fully saturated rings. The second-order valence-electron chi connectivity index (χ2n) is 5.63. The summed E-state index contributed by atoms with van der Waals surface area (Å²) in [6.45, 7) is 0.144. The number of halogens is 3. The summed E-state index contributed by atoms with van der Waals surface area (Å²) in [6.07, 6.45) is -0.528. The van der Waals surface area contributed by atoms with Gasteiger partial charge in [0.1, 0.15) is 22.4 Å². The fourth-order valence-corrected chi connectivity index (χ4v) is 3.14. The first-order valence-electron chi connectivity index (χ1n) is 7.19. The molecular formula is C15H13ClF2N2O4. The molecule has 128 valence electrons. The first-order chi connectivity index (χ1) is 11.4. The molecule has 0 bridgehead atoms. The summed E-state index contributed by atoms with van der Waals surface area (Å²) in [6, 6.07) is 2.58. The highest BCUT2D eigenvalue weighted by Crippen LogP contribution is 2.40. The maximum atomic E-state index is 13.7. The van der Waals surface area contributed by atoms with E-state index in [1.165, 1.54) is 6.07 Å². The van der Waals surface area contributed by atoms with Crippen molar-refractivity contribution in [2.45, 2.75) is 24.8 Å². The van der Waals surface area contributed by atoms with Gasteiger partial charge in [-0.15, -0.1) is 0 Å². The Bertz CT molecular complexity index is 812. The van der Waals surface area contributed by atoms with Crippen LogP contribution in [0.25, 0.3) is 0 Å². The SMILES string of the molecule is O=C(O)N1CC[C@H](c2cc(=O)[nH]o2)C[C@@H]1c1cc(F)c(Cl)c(F)c1. The highest BCUT2D eigenvalue weighted by molar-refractivity contribution is 6.30. The van der Waals surface area contributed by atoms with E-state index in [4.69, 9.17) is 16.1 Å². The number of likely N-dealkylation sites (tertiary alicyclic amines) is 1. The van der Waals surface area contributed by atoms with Gasteiger partial charge in [-0.2, -0.15) is 5.16 Å². The van der Waals surface area contributed by atoms with Crippen LogP contribution in [0, 0.1) is 11.6 Å². The number of hydrogen-bond acceptors (Lipinski definition) is 3. The van der Waals surface area contributed by atoms with Crippen LogP contribution in [0.5, 0.6) is 0 Å². The number of rotatable bonds is 2. The second kappa shape index (κ2) is 6.27. The molecule has 2 aromatic rings. The summed E-state index contributed by atoms with van der Waals surface area (Å²) in [4.78, 5) is 23.8. The van der Waals surface area contributed by atoms with Crippen LogP contribution in [0.15, 0.2) is 27.5 Å². The lowest BCUT2D eigenvalue weighted by atomic mass is 9.86. The summed E-state index contributed by atoms with van der Waals surface area (Å²) < 4.78 is 32.6. The first-order valence-corrected chi connectivity index (χ1v) is 7.57. The maximum absolute atomic E-state index is 13.7. The molecule has 1 saturated heterocycles. The molecule has 0 spiro atoms. The Kier molecular flexibility index (Phi) is 4.31. The van der Waals surface area contributed by atoms with Crippen molar-refractivity contribution in [2.75, 3.05) is 6.54 Å². The molecule has 9 heteroatoms. The van der Waals surface area contributed by atoms with E-state index < -0.39 is 34.4 Å². The molecule has 1 amide bonds. The zero-order valence-corrected chi connectivity index (χ0v) is 13.0. The van der Waals surface area contributed by atoms with Crippen molar-refractivity contribution in [2.24, 2.45) is 0 Å². The van der Waals surface area contributed by atoms with E-state index >= 15 is 0 Å². The van der Waals surface area contributed by atoms with Gasteiger partial charge in [0.15, 0.2) is 0 Å². The van der Waals surface area contributed by atoms with Gasteiger partial charge in [0.2, 0.25) is 0 Å². The lowest BCUT2D eigenvalue weighted by Crippen LogP contribution is -2.39. The zero-order valence-electron chi connectivity index (χ0n) is 12.3. The molecule has 0 radical (unpaired) electrons. The lowest BCUT2D eigenvalue weighted by molar-refractivity contribution is 0.0965. The number of piperidine rings is 1. The molecule has 2 N–H and O–H groups in total. The number of amides is 1. The van der Waals surface area contributed by atoms with E-state index in [0.29, 0.717) is 12.2 Å². The van der Waals surface area contributed by atoms with Crippen LogP contribution in [0.2, 0.25) is 5.02 Å². The van der Waals surface area contributed by atoms with Crippen molar-refractivity contribution in [3.05, 3.63) is 56.5 Å². The average Bonchev–Trinajstić information content (AvgIpc) is 2.98. The molecule has 1 aromatic carbocycles. The normalized spacial score (nSPS) is 21.0. The first kappa shape index (κ1) is 16.5. The standard InChI is InChI=1S/C15H13ClF2N2O4/c16-14-9(17)3-8(4-10(14)18)11-5-7(1-2-20(11)15(22)23)12-6-13(21)19-24-12/h3-4,6-7,11H,1-2,5H2,(H,19,21)(H,22,23)/t7-,11+/m0/s1. The molecule has 2 heterocycles. The lowest BCUT2D eigenvalue weighted by Gasteiger charge is -2.37. The average molecular weight is 359 g/mol. The number of carbonyl (C=O) groups is 1. The molecular weight excluding hydrogens is 346 g/mol. The number of aromatic amines is 1. The molecule has 3 rings (SSSR count). The van der Waals surface area contributed by atoms with Crippen molar-refractivity contribution >= 4 is 17.7 Å². The predicted octanol–water partition coefficient (Wildman–Crippen LogP) is 3.50. The molecule has 24 heavy (non-hydrogen) atoms. The van der Waals surface area contributed by atoms with E-state index in [2.05, 4.69) is 5.16 Å². The summed E-state index contributed by atoms with van der Waals surface area (Å²) >= 11 is 5.48. The minimum Gasteiger partial charge on any atom is -0.465 e. The van der Waals surface area contributed by atoms with Crippen LogP contribution in [-0.2, 0) is 0 Å². The molecule has 0 unspecified atom stereocenters. The van der Waals surface area contributed by atoms with Gasteiger partial charge in [-0.05, 0) is 30.5 Å². The van der Waals surface area contributed by atoms with Gasteiger partial charge >= 0.3 is 6.09 Å². The fraction of sp³-hybridized carbons (Fsp3) is 0.333. The number of benzene rings is 1. The third kappa shape index (κ3) is 3.01. The van der Waals surface area contributed by atoms with Crippen LogP contribution >= 0.6 is 11.6 Å². The third-order valence-corrected chi connectivity index (χ3v) is 4.55. The summed E-state index contributed by atoms with van der Waals surface area (Å²) in [5.41, 5.74) is -0.231. The van der Waals surface area contributed by atoms with Gasteiger partial charge in [-0.1, -0.05) is 11.6 Å². The topological polar surface area (TPSA) is 86.5 Å². The highest BCUT2D eigenvalue weighted by Gasteiger charge is 2.35. The number of H-pyrrole nitrogens is 1. The van der Waals surface area contributed by atoms with Crippen molar-refractivity contribution in [3.63, 3.8) is 0 Å². The van der Waals surface area contributed by atoms with Crippen LogP contribution in [0.4, 0.5) is 13.6 Å². The molecule has 6 nitrogen and oxygen atoms in total. The number of hydrogen-bond donors (Lipinski definition) is 2. The molecule has 0 saturated carbocycles. The van der Waals surface area contributed by atoms with E-state index in [1.807, 2.05) is 0 Å². The molecule has 1 aliphatic rings.